The molecule has 2 aromatic carbocycles. The van der Waals surface area contributed by atoms with Crippen LogP contribution in [0.5, 0.6) is 11.5 Å². The van der Waals surface area contributed by atoms with E-state index < -0.39 is 17.4 Å². The van der Waals surface area contributed by atoms with Gasteiger partial charge in [-0.05, 0) is 29.8 Å². The summed E-state index contributed by atoms with van der Waals surface area (Å²) in [5.41, 5.74) is -0.275. The zero-order chi connectivity index (χ0) is 20.6. The van der Waals surface area contributed by atoms with Crippen LogP contribution in [0.25, 0.3) is 0 Å². The molecular formula is C21H22N2O6. The SMILES string of the molecule is O=c1ccn(COC(CO)CO)c(=O)n1Cc1cccc(Oc2ccccc2)c1. The van der Waals surface area contributed by atoms with Gasteiger partial charge in [-0.3, -0.25) is 13.9 Å². The molecule has 29 heavy (non-hydrogen) atoms. The molecular weight excluding hydrogens is 376 g/mol. The third kappa shape index (κ3) is 5.41. The number of aromatic nitrogens is 2. The molecule has 0 aliphatic carbocycles. The maximum absolute atomic E-state index is 12.6. The molecule has 0 amide bonds. The van der Waals surface area contributed by atoms with Crippen molar-refractivity contribution < 1.29 is 19.7 Å². The lowest BCUT2D eigenvalue weighted by atomic mass is 10.2. The second-order valence-electron chi connectivity index (χ2n) is 6.34. The van der Waals surface area contributed by atoms with E-state index in [1.54, 1.807) is 24.3 Å². The predicted octanol–water partition coefficient (Wildman–Crippen LogP) is 1.18. The second kappa shape index (κ2) is 9.83. The van der Waals surface area contributed by atoms with Crippen LogP contribution in [0.2, 0.25) is 0 Å². The van der Waals surface area contributed by atoms with Crippen LogP contribution in [0.4, 0.5) is 0 Å². The Bertz CT molecular complexity index is 1040. The highest BCUT2D eigenvalue weighted by Crippen LogP contribution is 2.21. The van der Waals surface area contributed by atoms with E-state index in [0.717, 1.165) is 10.1 Å². The Labute approximate surface area is 166 Å². The fourth-order valence-electron chi connectivity index (χ4n) is 2.66. The van der Waals surface area contributed by atoms with Gasteiger partial charge in [-0.25, -0.2) is 4.79 Å². The molecule has 0 aliphatic heterocycles. The molecule has 0 aliphatic rings. The predicted molar refractivity (Wildman–Crippen MR) is 106 cm³/mol. The van der Waals surface area contributed by atoms with E-state index in [4.69, 9.17) is 19.7 Å². The molecule has 0 spiro atoms. The molecule has 0 atom stereocenters. The Balaban J connectivity index is 1.79. The molecule has 0 bridgehead atoms. The lowest BCUT2D eigenvalue weighted by Gasteiger charge is -2.15. The molecule has 3 aromatic rings. The summed E-state index contributed by atoms with van der Waals surface area (Å²) >= 11 is 0. The number of aliphatic hydroxyl groups is 2. The van der Waals surface area contributed by atoms with Gasteiger partial charge in [0.1, 0.15) is 24.3 Å². The average Bonchev–Trinajstić information content (AvgIpc) is 2.74. The molecule has 3 rings (SSSR count). The van der Waals surface area contributed by atoms with Crippen molar-refractivity contribution in [2.24, 2.45) is 0 Å². The van der Waals surface area contributed by atoms with Crippen molar-refractivity contribution in [3.63, 3.8) is 0 Å². The van der Waals surface area contributed by atoms with E-state index >= 15 is 0 Å². The molecule has 0 fully saturated rings. The van der Waals surface area contributed by atoms with E-state index in [1.807, 2.05) is 30.3 Å². The molecule has 1 aromatic heterocycles. The van der Waals surface area contributed by atoms with Crippen LogP contribution in [-0.2, 0) is 18.0 Å². The van der Waals surface area contributed by atoms with Gasteiger partial charge in [0.05, 0.1) is 19.8 Å². The van der Waals surface area contributed by atoms with Crippen molar-refractivity contribution in [2.75, 3.05) is 13.2 Å². The van der Waals surface area contributed by atoms with Crippen LogP contribution in [-0.4, -0.2) is 38.7 Å². The Morgan fingerprint density at radius 2 is 1.62 bits per heavy atom. The Kier molecular flexibility index (Phi) is 6.96. The molecule has 152 valence electrons. The van der Waals surface area contributed by atoms with Gasteiger partial charge in [0.25, 0.3) is 5.56 Å². The number of hydrogen-bond donors (Lipinski definition) is 2. The number of rotatable bonds is 9. The molecule has 1 heterocycles. The number of aliphatic hydroxyl groups excluding tert-OH is 2. The lowest BCUT2D eigenvalue weighted by molar-refractivity contribution is -0.0516. The van der Waals surface area contributed by atoms with Crippen molar-refractivity contribution in [3.05, 3.63) is 93.3 Å². The van der Waals surface area contributed by atoms with E-state index in [-0.39, 0.29) is 26.5 Å². The number of ether oxygens (including phenoxy) is 2. The normalized spacial score (nSPS) is 11.0. The summed E-state index contributed by atoms with van der Waals surface area (Å²) in [5.74, 6) is 1.28. The number of nitrogens with zero attached hydrogens (tertiary/aromatic N) is 2. The number of para-hydroxylation sites is 1. The van der Waals surface area contributed by atoms with Crippen molar-refractivity contribution >= 4 is 0 Å². The Hall–Kier alpha value is -3.20. The second-order valence-corrected chi connectivity index (χ2v) is 6.34. The highest BCUT2D eigenvalue weighted by molar-refractivity contribution is 5.34. The first kappa shape index (κ1) is 20.5. The minimum atomic E-state index is -0.797. The van der Waals surface area contributed by atoms with Gasteiger partial charge in [-0.1, -0.05) is 30.3 Å². The quantitative estimate of drug-likeness (QED) is 0.561. The average molecular weight is 398 g/mol. The molecule has 0 unspecified atom stereocenters. The van der Waals surface area contributed by atoms with Gasteiger partial charge in [-0.15, -0.1) is 0 Å². The van der Waals surface area contributed by atoms with Crippen molar-refractivity contribution in [2.45, 2.75) is 19.4 Å². The summed E-state index contributed by atoms with van der Waals surface area (Å²) in [5, 5.41) is 18.1. The Morgan fingerprint density at radius 3 is 2.34 bits per heavy atom. The van der Waals surface area contributed by atoms with Gasteiger partial charge >= 0.3 is 5.69 Å². The van der Waals surface area contributed by atoms with E-state index in [9.17, 15) is 9.59 Å². The first-order chi connectivity index (χ1) is 14.1. The van der Waals surface area contributed by atoms with Crippen molar-refractivity contribution in [1.29, 1.82) is 0 Å². The van der Waals surface area contributed by atoms with E-state index in [0.29, 0.717) is 11.5 Å². The van der Waals surface area contributed by atoms with Gasteiger partial charge in [0.2, 0.25) is 0 Å². The first-order valence-corrected chi connectivity index (χ1v) is 9.06. The van der Waals surface area contributed by atoms with E-state index in [2.05, 4.69) is 0 Å². The summed E-state index contributed by atoms with van der Waals surface area (Å²) < 4.78 is 13.3. The summed E-state index contributed by atoms with van der Waals surface area (Å²) in [6.45, 7) is -0.881. The van der Waals surface area contributed by atoms with Crippen molar-refractivity contribution in [3.8, 4) is 11.5 Å². The van der Waals surface area contributed by atoms with Crippen LogP contribution in [0.15, 0.2) is 76.4 Å². The minimum Gasteiger partial charge on any atom is -0.457 e. The maximum atomic E-state index is 12.6. The largest absolute Gasteiger partial charge is 0.457 e. The Morgan fingerprint density at radius 1 is 0.897 bits per heavy atom. The molecule has 0 saturated carbocycles. The smallest absolute Gasteiger partial charge is 0.333 e. The van der Waals surface area contributed by atoms with Gasteiger partial charge in [-0.2, -0.15) is 0 Å². The number of hydrogen-bond acceptors (Lipinski definition) is 6. The van der Waals surface area contributed by atoms with Crippen LogP contribution in [0, 0.1) is 0 Å². The van der Waals surface area contributed by atoms with Gasteiger partial charge in [0, 0.05) is 12.3 Å². The van der Waals surface area contributed by atoms with E-state index in [1.165, 1.54) is 16.8 Å². The van der Waals surface area contributed by atoms with Gasteiger partial charge < -0.3 is 19.7 Å². The zero-order valence-corrected chi connectivity index (χ0v) is 15.7. The third-order valence-electron chi connectivity index (χ3n) is 4.21. The monoisotopic (exact) mass is 398 g/mol. The fourth-order valence-corrected chi connectivity index (χ4v) is 2.66. The van der Waals surface area contributed by atoms with Crippen LogP contribution in [0.1, 0.15) is 5.56 Å². The topological polar surface area (TPSA) is 103 Å². The molecule has 8 heteroatoms. The van der Waals surface area contributed by atoms with Crippen LogP contribution in [0.3, 0.4) is 0 Å². The first-order valence-electron chi connectivity index (χ1n) is 9.06. The molecule has 2 N–H and O–H groups in total. The lowest BCUT2D eigenvalue weighted by Crippen LogP contribution is -2.40. The summed E-state index contributed by atoms with van der Waals surface area (Å²) in [4.78, 5) is 24.9. The maximum Gasteiger partial charge on any atom is 0.333 e. The van der Waals surface area contributed by atoms with Crippen LogP contribution >= 0.6 is 0 Å². The van der Waals surface area contributed by atoms with Crippen LogP contribution < -0.4 is 16.0 Å². The standard InChI is InChI=1S/C21H22N2O6/c24-13-19(14-25)28-15-22-10-9-20(26)23(21(22)27)12-16-5-4-8-18(11-16)29-17-6-2-1-3-7-17/h1-11,19,24-25H,12-15H2. The van der Waals surface area contributed by atoms with Gasteiger partial charge in [0.15, 0.2) is 0 Å². The highest BCUT2D eigenvalue weighted by atomic mass is 16.5. The molecule has 0 saturated heterocycles. The number of benzene rings is 2. The molecule has 0 radical (unpaired) electrons. The zero-order valence-electron chi connectivity index (χ0n) is 15.7. The summed E-state index contributed by atoms with van der Waals surface area (Å²) in [6, 6.07) is 17.7. The summed E-state index contributed by atoms with van der Waals surface area (Å²) in [6.07, 6.45) is 0.524. The minimum absolute atomic E-state index is 0.0634. The van der Waals surface area contributed by atoms with Crippen molar-refractivity contribution in [1.82, 2.24) is 9.13 Å². The molecule has 8 nitrogen and oxygen atoms in total. The fraction of sp³-hybridized carbons (Fsp3) is 0.238. The highest BCUT2D eigenvalue weighted by Gasteiger charge is 2.10. The third-order valence-corrected chi connectivity index (χ3v) is 4.21. The summed E-state index contributed by atoms with van der Waals surface area (Å²) in [7, 11) is 0.